The minimum atomic E-state index is -4.64. The van der Waals surface area contributed by atoms with Crippen LogP contribution in [0, 0.1) is 5.82 Å². The van der Waals surface area contributed by atoms with Gasteiger partial charge in [0.05, 0.1) is 6.61 Å². The molecule has 0 fully saturated rings. The molecule has 0 radical (unpaired) electrons. The molecule has 1 rings (SSSR count). The Kier molecular flexibility index (Phi) is 5.70. The molecular weight excluding hydrogens is 346 g/mol. The Balaban J connectivity index is 2.89. The average molecular weight is 356 g/mol. The maximum Gasteiger partial charge on any atom is 0.418 e. The maximum absolute atomic E-state index is 13.5. The molecule has 110 valence electrons. The van der Waals surface area contributed by atoms with Crippen LogP contribution in [0.4, 0.5) is 17.6 Å². The van der Waals surface area contributed by atoms with Crippen LogP contribution in [0.5, 0.6) is 0 Å². The van der Waals surface area contributed by atoms with Crippen molar-refractivity contribution in [2.45, 2.75) is 12.3 Å². The normalized spacial score (nSPS) is 14.2. The summed E-state index contributed by atoms with van der Waals surface area (Å²) in [5.41, 5.74) is -0.522. The van der Waals surface area contributed by atoms with Gasteiger partial charge in [-0.15, -0.1) is 6.58 Å². The first-order valence-corrected chi connectivity index (χ1v) is 6.06. The molecule has 0 heterocycles. The number of ether oxygens (including phenoxy) is 1. The summed E-state index contributed by atoms with van der Waals surface area (Å²) in [4.78, 5) is 0. The Morgan fingerprint density at radius 1 is 1.50 bits per heavy atom. The van der Waals surface area contributed by atoms with Gasteiger partial charge in [0.1, 0.15) is 11.5 Å². The van der Waals surface area contributed by atoms with E-state index in [9.17, 15) is 17.6 Å². The molecule has 20 heavy (non-hydrogen) atoms. The minimum Gasteiger partial charge on any atom is -0.411 e. The summed E-state index contributed by atoms with van der Waals surface area (Å²) >= 11 is 3.08. The molecule has 0 aromatic heterocycles. The van der Waals surface area contributed by atoms with Crippen LogP contribution in [0.2, 0.25) is 0 Å². The highest BCUT2D eigenvalue weighted by Crippen LogP contribution is 2.24. The topological polar surface area (TPSA) is 41.8 Å². The van der Waals surface area contributed by atoms with Crippen molar-refractivity contribution in [2.75, 3.05) is 6.61 Å². The lowest BCUT2D eigenvalue weighted by Gasteiger charge is -2.17. The number of alkyl halides is 3. The summed E-state index contributed by atoms with van der Waals surface area (Å²) in [5.74, 6) is -0.744. The van der Waals surface area contributed by atoms with Crippen molar-refractivity contribution in [3.8, 4) is 0 Å². The SMILES string of the molecule is C=CC(OC/C(=N/O)c1cc(Br)ccc1F)C(F)(F)F. The molecule has 8 heteroatoms. The molecule has 0 bridgehead atoms. The molecule has 0 spiro atoms. The van der Waals surface area contributed by atoms with Gasteiger partial charge >= 0.3 is 6.18 Å². The first-order valence-electron chi connectivity index (χ1n) is 5.26. The van der Waals surface area contributed by atoms with Gasteiger partial charge in [-0.1, -0.05) is 27.2 Å². The van der Waals surface area contributed by atoms with E-state index in [0.29, 0.717) is 10.5 Å². The summed E-state index contributed by atoms with van der Waals surface area (Å²) in [5, 5.41) is 11.6. The Morgan fingerprint density at radius 2 is 2.15 bits per heavy atom. The maximum atomic E-state index is 13.5. The van der Waals surface area contributed by atoms with Gasteiger partial charge in [0.25, 0.3) is 0 Å². The Morgan fingerprint density at radius 3 is 2.65 bits per heavy atom. The molecule has 1 aromatic carbocycles. The fourth-order valence-electron chi connectivity index (χ4n) is 1.34. The van der Waals surface area contributed by atoms with Gasteiger partial charge in [-0.25, -0.2) is 4.39 Å². The molecule has 0 saturated carbocycles. The van der Waals surface area contributed by atoms with E-state index < -0.39 is 24.7 Å². The van der Waals surface area contributed by atoms with Crippen LogP contribution < -0.4 is 0 Å². The fraction of sp³-hybridized carbons (Fsp3) is 0.250. The first-order chi connectivity index (χ1) is 9.29. The Labute approximate surface area is 120 Å². The summed E-state index contributed by atoms with van der Waals surface area (Å²) in [7, 11) is 0. The number of oxime groups is 1. The smallest absolute Gasteiger partial charge is 0.411 e. The molecule has 1 N–H and O–H groups in total. The van der Waals surface area contributed by atoms with Gasteiger partial charge in [0.15, 0.2) is 6.10 Å². The van der Waals surface area contributed by atoms with E-state index in [1.165, 1.54) is 12.1 Å². The van der Waals surface area contributed by atoms with E-state index in [1.54, 1.807) is 0 Å². The van der Waals surface area contributed by atoms with Gasteiger partial charge in [-0.3, -0.25) is 0 Å². The lowest BCUT2D eigenvalue weighted by atomic mass is 10.1. The predicted molar refractivity (Wildman–Crippen MR) is 68.4 cm³/mol. The highest BCUT2D eigenvalue weighted by atomic mass is 79.9. The largest absolute Gasteiger partial charge is 0.418 e. The van der Waals surface area contributed by atoms with Crippen LogP contribution in [-0.2, 0) is 4.74 Å². The number of halogens is 5. The number of rotatable bonds is 5. The lowest BCUT2D eigenvalue weighted by Crippen LogP contribution is -2.31. The molecule has 0 aliphatic heterocycles. The third kappa shape index (κ3) is 4.31. The second kappa shape index (κ2) is 6.85. The second-order valence-electron chi connectivity index (χ2n) is 3.68. The number of hydrogen-bond acceptors (Lipinski definition) is 3. The number of hydrogen-bond donors (Lipinski definition) is 1. The second-order valence-corrected chi connectivity index (χ2v) is 4.60. The van der Waals surface area contributed by atoms with E-state index in [2.05, 4.69) is 32.4 Å². The molecule has 1 unspecified atom stereocenters. The molecule has 1 atom stereocenters. The van der Waals surface area contributed by atoms with Crippen molar-refractivity contribution >= 4 is 21.6 Å². The quantitative estimate of drug-likeness (QED) is 0.286. The monoisotopic (exact) mass is 355 g/mol. The highest BCUT2D eigenvalue weighted by Gasteiger charge is 2.38. The molecule has 0 amide bonds. The highest BCUT2D eigenvalue weighted by molar-refractivity contribution is 9.10. The van der Waals surface area contributed by atoms with E-state index in [0.717, 1.165) is 6.07 Å². The van der Waals surface area contributed by atoms with E-state index in [4.69, 9.17) is 5.21 Å². The van der Waals surface area contributed by atoms with Crippen LogP contribution >= 0.6 is 15.9 Å². The van der Waals surface area contributed by atoms with Gasteiger partial charge in [0, 0.05) is 10.0 Å². The van der Waals surface area contributed by atoms with E-state index in [1.807, 2.05) is 0 Å². The standard InChI is InChI=1S/C12H10BrF4NO2/c1-2-11(12(15,16)17)20-6-10(18-19)8-5-7(13)3-4-9(8)14/h2-5,11,19H,1,6H2/b18-10-. The van der Waals surface area contributed by atoms with Gasteiger partial charge in [-0.2, -0.15) is 13.2 Å². The predicted octanol–water partition coefficient (Wildman–Crippen LogP) is 3.90. The zero-order valence-corrected chi connectivity index (χ0v) is 11.6. The minimum absolute atomic E-state index is 0.160. The van der Waals surface area contributed by atoms with Crippen molar-refractivity contribution in [3.05, 3.63) is 46.7 Å². The van der Waals surface area contributed by atoms with Crippen molar-refractivity contribution in [1.29, 1.82) is 0 Å². The molecule has 0 aliphatic carbocycles. The van der Waals surface area contributed by atoms with Crippen LogP contribution in [0.25, 0.3) is 0 Å². The van der Waals surface area contributed by atoms with Crippen molar-refractivity contribution in [1.82, 2.24) is 0 Å². The summed E-state index contributed by atoms with van der Waals surface area (Å²) < 4.78 is 55.9. The number of benzene rings is 1. The van der Waals surface area contributed by atoms with Crippen LogP contribution in [-0.4, -0.2) is 29.8 Å². The third-order valence-corrected chi connectivity index (χ3v) is 2.79. The van der Waals surface area contributed by atoms with Crippen LogP contribution in [0.1, 0.15) is 5.56 Å². The fourth-order valence-corrected chi connectivity index (χ4v) is 1.71. The zero-order chi connectivity index (χ0) is 15.3. The summed E-state index contributed by atoms with van der Waals surface area (Å²) in [6, 6.07) is 3.75. The molecule has 1 aromatic rings. The Bertz CT molecular complexity index is 517. The zero-order valence-electron chi connectivity index (χ0n) is 9.99. The molecule has 0 aliphatic rings. The lowest BCUT2D eigenvalue weighted by molar-refractivity contribution is -0.199. The summed E-state index contributed by atoms with van der Waals surface area (Å²) in [6.07, 6.45) is -6.31. The number of nitrogens with zero attached hydrogens (tertiary/aromatic N) is 1. The molecule has 0 saturated heterocycles. The summed E-state index contributed by atoms with van der Waals surface area (Å²) in [6.45, 7) is 2.28. The Hall–Kier alpha value is -1.41. The molecule has 3 nitrogen and oxygen atoms in total. The molecular formula is C12H10BrF4NO2. The van der Waals surface area contributed by atoms with E-state index in [-0.39, 0.29) is 11.3 Å². The third-order valence-electron chi connectivity index (χ3n) is 2.30. The first kappa shape index (κ1) is 16.6. The van der Waals surface area contributed by atoms with Crippen LogP contribution in [0.15, 0.2) is 40.5 Å². The van der Waals surface area contributed by atoms with Crippen molar-refractivity contribution in [2.24, 2.45) is 5.16 Å². The van der Waals surface area contributed by atoms with E-state index >= 15 is 0 Å². The van der Waals surface area contributed by atoms with Gasteiger partial charge in [0.2, 0.25) is 0 Å². The van der Waals surface area contributed by atoms with Crippen molar-refractivity contribution in [3.63, 3.8) is 0 Å². The van der Waals surface area contributed by atoms with Crippen LogP contribution in [0.3, 0.4) is 0 Å². The van der Waals surface area contributed by atoms with Gasteiger partial charge < -0.3 is 9.94 Å². The average Bonchev–Trinajstić information content (AvgIpc) is 2.36. The van der Waals surface area contributed by atoms with Gasteiger partial charge in [-0.05, 0) is 18.2 Å². The van der Waals surface area contributed by atoms with Crippen molar-refractivity contribution < 1.29 is 27.5 Å².